The Morgan fingerprint density at radius 3 is 1.59 bits per heavy atom. The first-order valence-electron chi connectivity index (χ1n) is 5.96. The Kier molecular flexibility index (Phi) is 5.93. The molecule has 0 amide bonds. The molecule has 6 nitrogen and oxygen atoms in total. The summed E-state index contributed by atoms with van der Waals surface area (Å²) in [5.41, 5.74) is 0. The number of hydrogen-bond acceptors (Lipinski definition) is 4. The summed E-state index contributed by atoms with van der Waals surface area (Å²) < 4.78 is 0. The van der Waals surface area contributed by atoms with Crippen molar-refractivity contribution in [3.8, 4) is 0 Å². The van der Waals surface area contributed by atoms with Crippen molar-refractivity contribution >= 4 is 11.9 Å². The van der Waals surface area contributed by atoms with Crippen LogP contribution in [0.2, 0.25) is 0 Å². The van der Waals surface area contributed by atoms with E-state index in [0.717, 1.165) is 32.6 Å². The lowest BCUT2D eigenvalue weighted by Crippen LogP contribution is -2.33. The fourth-order valence-corrected chi connectivity index (χ4v) is 1.98. The van der Waals surface area contributed by atoms with Crippen molar-refractivity contribution in [1.29, 1.82) is 0 Å². The summed E-state index contributed by atoms with van der Waals surface area (Å²) in [5.74, 6) is -1.53. The highest BCUT2D eigenvalue weighted by molar-refractivity contribution is 5.67. The standard InChI is InChI=1S/C11H20N2O4/c14-10(15)2-6-12-4-1-5-13(9-8-12)7-3-11(16)17/h1-9H2,(H,14,15)(H,16,17). The Morgan fingerprint density at radius 2 is 1.24 bits per heavy atom. The van der Waals surface area contributed by atoms with Crippen LogP contribution >= 0.6 is 0 Å². The van der Waals surface area contributed by atoms with Gasteiger partial charge in [0, 0.05) is 26.2 Å². The number of carbonyl (C=O) groups is 2. The second-order valence-corrected chi connectivity index (χ2v) is 4.32. The first kappa shape index (κ1) is 13.9. The molecule has 98 valence electrons. The number of rotatable bonds is 6. The highest BCUT2D eigenvalue weighted by Gasteiger charge is 2.15. The molecule has 1 saturated heterocycles. The first-order chi connectivity index (χ1) is 8.08. The minimum atomic E-state index is -0.767. The average Bonchev–Trinajstić information content (AvgIpc) is 2.48. The zero-order valence-electron chi connectivity index (χ0n) is 9.97. The van der Waals surface area contributed by atoms with E-state index in [-0.39, 0.29) is 12.8 Å². The monoisotopic (exact) mass is 244 g/mol. The Labute approximate surface area is 101 Å². The van der Waals surface area contributed by atoms with Gasteiger partial charge in [-0.05, 0) is 19.5 Å². The zero-order chi connectivity index (χ0) is 12.7. The molecule has 1 heterocycles. The van der Waals surface area contributed by atoms with Crippen LogP contribution in [0.15, 0.2) is 0 Å². The molecule has 0 atom stereocenters. The molecule has 0 aliphatic carbocycles. The molecular formula is C11H20N2O4. The van der Waals surface area contributed by atoms with Crippen LogP contribution in [0, 0.1) is 0 Å². The van der Waals surface area contributed by atoms with Crippen LogP contribution in [0.5, 0.6) is 0 Å². The van der Waals surface area contributed by atoms with Gasteiger partial charge < -0.3 is 20.0 Å². The van der Waals surface area contributed by atoms with Gasteiger partial charge in [-0.25, -0.2) is 0 Å². The van der Waals surface area contributed by atoms with Gasteiger partial charge in [0.15, 0.2) is 0 Å². The Morgan fingerprint density at radius 1 is 0.824 bits per heavy atom. The molecule has 6 heteroatoms. The van der Waals surface area contributed by atoms with E-state index in [0.29, 0.717) is 13.1 Å². The van der Waals surface area contributed by atoms with Crippen LogP contribution in [0.4, 0.5) is 0 Å². The molecule has 0 spiro atoms. The summed E-state index contributed by atoms with van der Waals surface area (Å²) in [5, 5.41) is 17.2. The third kappa shape index (κ3) is 6.23. The lowest BCUT2D eigenvalue weighted by Gasteiger charge is -2.20. The predicted octanol–water partition coefficient (Wildman–Crippen LogP) is -0.0565. The zero-order valence-corrected chi connectivity index (χ0v) is 9.97. The van der Waals surface area contributed by atoms with Gasteiger partial charge in [-0.3, -0.25) is 9.59 Å². The van der Waals surface area contributed by atoms with Crippen LogP contribution in [-0.4, -0.2) is 71.2 Å². The van der Waals surface area contributed by atoms with E-state index in [1.807, 2.05) is 0 Å². The second kappa shape index (κ2) is 7.24. The van der Waals surface area contributed by atoms with E-state index < -0.39 is 11.9 Å². The minimum Gasteiger partial charge on any atom is -0.481 e. The molecule has 0 aromatic rings. The number of nitrogens with zero attached hydrogens (tertiary/aromatic N) is 2. The Balaban J connectivity index is 2.24. The van der Waals surface area contributed by atoms with Gasteiger partial charge in [-0.1, -0.05) is 0 Å². The lowest BCUT2D eigenvalue weighted by molar-refractivity contribution is -0.138. The average molecular weight is 244 g/mol. The van der Waals surface area contributed by atoms with Crippen LogP contribution in [0.1, 0.15) is 19.3 Å². The molecule has 1 aliphatic rings. The molecule has 0 bridgehead atoms. The van der Waals surface area contributed by atoms with Gasteiger partial charge in [0.05, 0.1) is 12.8 Å². The fourth-order valence-electron chi connectivity index (χ4n) is 1.98. The highest BCUT2D eigenvalue weighted by atomic mass is 16.4. The maximum absolute atomic E-state index is 10.5. The van der Waals surface area contributed by atoms with Gasteiger partial charge in [0.2, 0.25) is 0 Å². The van der Waals surface area contributed by atoms with E-state index in [9.17, 15) is 9.59 Å². The van der Waals surface area contributed by atoms with E-state index in [4.69, 9.17) is 10.2 Å². The van der Waals surface area contributed by atoms with E-state index in [1.54, 1.807) is 0 Å². The maximum atomic E-state index is 10.5. The quantitative estimate of drug-likeness (QED) is 0.681. The largest absolute Gasteiger partial charge is 0.481 e. The van der Waals surface area contributed by atoms with Gasteiger partial charge in [0.25, 0.3) is 0 Å². The molecule has 1 aliphatic heterocycles. The summed E-state index contributed by atoms with van der Waals surface area (Å²) in [7, 11) is 0. The molecule has 0 aromatic carbocycles. The summed E-state index contributed by atoms with van der Waals surface area (Å²) in [6, 6.07) is 0. The predicted molar refractivity (Wildman–Crippen MR) is 62.0 cm³/mol. The van der Waals surface area contributed by atoms with Gasteiger partial charge in [-0.2, -0.15) is 0 Å². The molecule has 1 rings (SSSR count). The highest BCUT2D eigenvalue weighted by Crippen LogP contribution is 2.04. The normalized spacial score (nSPS) is 18.8. The van der Waals surface area contributed by atoms with Crippen LogP contribution in [-0.2, 0) is 9.59 Å². The van der Waals surface area contributed by atoms with Crippen molar-refractivity contribution in [2.45, 2.75) is 19.3 Å². The topological polar surface area (TPSA) is 81.1 Å². The van der Waals surface area contributed by atoms with Crippen molar-refractivity contribution in [3.05, 3.63) is 0 Å². The summed E-state index contributed by atoms with van der Waals surface area (Å²) in [6.45, 7) is 4.62. The smallest absolute Gasteiger partial charge is 0.304 e. The molecule has 0 unspecified atom stereocenters. The Bertz CT molecular complexity index is 244. The number of carboxylic acids is 2. The summed E-state index contributed by atoms with van der Waals surface area (Å²) >= 11 is 0. The molecular weight excluding hydrogens is 224 g/mol. The van der Waals surface area contributed by atoms with E-state index >= 15 is 0 Å². The molecule has 0 aromatic heterocycles. The van der Waals surface area contributed by atoms with Crippen molar-refractivity contribution in [3.63, 3.8) is 0 Å². The number of hydrogen-bond donors (Lipinski definition) is 2. The number of carboxylic acid groups (broad SMARTS) is 2. The molecule has 1 fully saturated rings. The number of aliphatic carboxylic acids is 2. The minimum absolute atomic E-state index is 0.176. The van der Waals surface area contributed by atoms with Gasteiger partial charge >= 0.3 is 11.9 Å². The molecule has 0 saturated carbocycles. The third-order valence-electron chi connectivity index (χ3n) is 2.96. The molecule has 0 radical (unpaired) electrons. The SMILES string of the molecule is O=C(O)CCN1CCCN(CCC(=O)O)CC1. The second-order valence-electron chi connectivity index (χ2n) is 4.32. The fraction of sp³-hybridized carbons (Fsp3) is 0.818. The van der Waals surface area contributed by atoms with E-state index in [2.05, 4.69) is 9.80 Å². The van der Waals surface area contributed by atoms with Crippen LogP contribution in [0.25, 0.3) is 0 Å². The van der Waals surface area contributed by atoms with Crippen LogP contribution in [0.3, 0.4) is 0 Å². The Hall–Kier alpha value is -1.14. The summed E-state index contributed by atoms with van der Waals surface area (Å²) in [4.78, 5) is 25.2. The molecule has 17 heavy (non-hydrogen) atoms. The third-order valence-corrected chi connectivity index (χ3v) is 2.96. The van der Waals surface area contributed by atoms with Gasteiger partial charge in [-0.15, -0.1) is 0 Å². The molecule has 2 N–H and O–H groups in total. The summed E-state index contributed by atoms with van der Waals surface area (Å²) in [6.07, 6.45) is 1.32. The van der Waals surface area contributed by atoms with Crippen molar-refractivity contribution in [1.82, 2.24) is 9.80 Å². The first-order valence-corrected chi connectivity index (χ1v) is 5.96. The lowest BCUT2D eigenvalue weighted by atomic mass is 10.3. The van der Waals surface area contributed by atoms with Crippen molar-refractivity contribution in [2.24, 2.45) is 0 Å². The van der Waals surface area contributed by atoms with Crippen molar-refractivity contribution < 1.29 is 19.8 Å². The van der Waals surface area contributed by atoms with Gasteiger partial charge in [0.1, 0.15) is 0 Å². The van der Waals surface area contributed by atoms with Crippen LogP contribution < -0.4 is 0 Å². The van der Waals surface area contributed by atoms with E-state index in [1.165, 1.54) is 0 Å². The maximum Gasteiger partial charge on any atom is 0.304 e. The van der Waals surface area contributed by atoms with Crippen molar-refractivity contribution in [2.75, 3.05) is 39.3 Å².